The highest BCUT2D eigenvalue weighted by atomic mass is 31.2. The summed E-state index contributed by atoms with van der Waals surface area (Å²) in [6.07, 6.45) is 0.992. The summed E-state index contributed by atoms with van der Waals surface area (Å²) in [7, 11) is -4.38. The second-order valence-electron chi connectivity index (χ2n) is 6.70. The predicted molar refractivity (Wildman–Crippen MR) is 101 cm³/mol. The van der Waals surface area contributed by atoms with Crippen molar-refractivity contribution in [2.45, 2.75) is 58.7 Å². The predicted octanol–water partition coefficient (Wildman–Crippen LogP) is -0.654. The molecule has 0 aromatic carbocycles. The van der Waals surface area contributed by atoms with Gasteiger partial charge in [0.15, 0.2) is 6.04 Å². The first kappa shape index (κ1) is 26.5. The summed E-state index contributed by atoms with van der Waals surface area (Å²) in [5, 5.41) is 11.9. The van der Waals surface area contributed by atoms with Gasteiger partial charge in [0.25, 0.3) is 5.91 Å². The number of nitrogens with zero attached hydrogens (tertiary/aromatic N) is 1. The molecule has 0 aliphatic rings. The van der Waals surface area contributed by atoms with Crippen LogP contribution in [0.25, 0.3) is 0 Å². The summed E-state index contributed by atoms with van der Waals surface area (Å²) in [6.45, 7) is 5.84. The van der Waals surface area contributed by atoms with Crippen LogP contribution >= 0.6 is 7.75 Å². The third kappa shape index (κ3) is 6.82. The fourth-order valence-corrected chi connectivity index (χ4v) is 3.35. The fourth-order valence-electron chi connectivity index (χ4n) is 2.44. The molecule has 5 atom stereocenters. The molecule has 0 saturated heterocycles. The fraction of sp³-hybridized carbons (Fsp3) is 0.812. The minimum Gasteiger partial charge on any atom is -0.467 e. The lowest BCUT2D eigenvalue weighted by Gasteiger charge is -2.34. The molecule has 0 bridgehead atoms. The van der Waals surface area contributed by atoms with Crippen LogP contribution < -0.4 is 11.1 Å². The van der Waals surface area contributed by atoms with Gasteiger partial charge in [0.05, 0.1) is 19.8 Å². The first-order chi connectivity index (χ1) is 12.9. The maximum atomic E-state index is 13.0. The molecule has 11 nitrogen and oxygen atoms in total. The number of esters is 1. The lowest BCUT2D eigenvalue weighted by molar-refractivity contribution is -0.152. The van der Waals surface area contributed by atoms with E-state index in [1.807, 2.05) is 6.92 Å². The molecule has 0 spiro atoms. The van der Waals surface area contributed by atoms with Gasteiger partial charge in [-0.2, -0.15) is 0 Å². The Morgan fingerprint density at radius 3 is 2.00 bits per heavy atom. The van der Waals surface area contributed by atoms with E-state index in [-0.39, 0.29) is 10.6 Å². The highest BCUT2D eigenvalue weighted by Gasteiger charge is 2.45. The molecule has 0 saturated carbocycles. The van der Waals surface area contributed by atoms with E-state index < -0.39 is 56.2 Å². The summed E-state index contributed by atoms with van der Waals surface area (Å²) in [4.78, 5) is 56.5. The van der Waals surface area contributed by atoms with Crippen molar-refractivity contribution in [3.63, 3.8) is 0 Å². The Labute approximate surface area is 164 Å². The van der Waals surface area contributed by atoms with Gasteiger partial charge in [0.1, 0.15) is 6.04 Å². The number of hydrogen-bond donors (Lipinski definition) is 5. The molecule has 0 rings (SSSR count). The van der Waals surface area contributed by atoms with Crippen molar-refractivity contribution in [2.24, 2.45) is 17.6 Å². The van der Waals surface area contributed by atoms with Crippen LogP contribution in [-0.2, 0) is 23.7 Å². The van der Waals surface area contributed by atoms with E-state index in [4.69, 9.17) is 5.73 Å². The zero-order chi connectivity index (χ0) is 22.2. The highest BCUT2D eigenvalue weighted by molar-refractivity contribution is 7.50. The van der Waals surface area contributed by atoms with Crippen LogP contribution in [0, 0.1) is 11.8 Å². The van der Waals surface area contributed by atoms with Crippen molar-refractivity contribution >= 4 is 25.5 Å². The van der Waals surface area contributed by atoms with Gasteiger partial charge in [0.2, 0.25) is 5.91 Å². The van der Waals surface area contributed by atoms with Crippen LogP contribution in [0.15, 0.2) is 0 Å². The second-order valence-corrected chi connectivity index (χ2v) is 8.16. The van der Waals surface area contributed by atoms with Gasteiger partial charge >= 0.3 is 13.7 Å². The summed E-state index contributed by atoms with van der Waals surface area (Å²) in [5.41, 5.74) is 5.87. The molecule has 0 aromatic rings. The smallest absolute Gasteiger partial charge is 0.433 e. The molecule has 0 aromatic heterocycles. The first-order valence-electron chi connectivity index (χ1n) is 9.00. The SMILES string of the molecule is CC[C@H](C)[C@H](N)C(=O)N[C@H](C(=O)N([C@@H](CO)C(=O)OC)P(=O)(O)O)[C@@H](C)CC. The quantitative estimate of drug-likeness (QED) is 0.212. The average Bonchev–Trinajstić information content (AvgIpc) is 2.65. The Morgan fingerprint density at radius 2 is 1.64 bits per heavy atom. The molecule has 0 unspecified atom stereocenters. The van der Waals surface area contributed by atoms with Gasteiger partial charge in [-0.3, -0.25) is 9.59 Å². The van der Waals surface area contributed by atoms with Gasteiger partial charge in [0, 0.05) is 0 Å². The van der Waals surface area contributed by atoms with Gasteiger partial charge < -0.3 is 30.7 Å². The van der Waals surface area contributed by atoms with E-state index in [9.17, 15) is 33.8 Å². The maximum Gasteiger partial charge on any atom is 0.433 e. The molecule has 0 heterocycles. The molecule has 164 valence electrons. The number of aliphatic hydroxyl groups is 1. The summed E-state index contributed by atoms with van der Waals surface area (Å²) < 4.78 is 16.3. The standard InChI is InChI=1S/C16H32N3O8P/c1-6-9(3)12(17)14(21)18-13(10(4)7-2)15(22)19(28(24,25)26)11(8-20)16(23)27-5/h9-13,20H,6-8,17H2,1-5H3,(H,18,21)(H2,24,25,26)/t9-,10-,11-,12-,13-/m0/s1. The van der Waals surface area contributed by atoms with Gasteiger partial charge in [-0.1, -0.05) is 40.5 Å². The lowest BCUT2D eigenvalue weighted by atomic mass is 9.95. The monoisotopic (exact) mass is 425 g/mol. The summed E-state index contributed by atoms with van der Waals surface area (Å²) in [5.74, 6) is -3.80. The van der Waals surface area contributed by atoms with Crippen LogP contribution in [0.1, 0.15) is 40.5 Å². The van der Waals surface area contributed by atoms with Crippen molar-refractivity contribution in [1.82, 2.24) is 9.99 Å². The molecule has 28 heavy (non-hydrogen) atoms. The largest absolute Gasteiger partial charge is 0.467 e. The number of nitrogens with two attached hydrogens (primary N) is 1. The number of carbonyl (C=O) groups is 3. The Balaban J connectivity index is 5.97. The molecule has 0 fully saturated rings. The highest BCUT2D eigenvalue weighted by Crippen LogP contribution is 2.43. The molecular formula is C16H32N3O8P. The molecule has 6 N–H and O–H groups in total. The third-order valence-electron chi connectivity index (χ3n) is 4.78. The number of amides is 2. The van der Waals surface area contributed by atoms with E-state index in [1.54, 1.807) is 20.8 Å². The number of carbonyl (C=O) groups excluding carboxylic acids is 3. The number of hydrogen-bond acceptors (Lipinski definition) is 7. The average molecular weight is 425 g/mol. The summed E-state index contributed by atoms with van der Waals surface area (Å²) in [6, 6.07) is -4.22. The Kier molecular flexibility index (Phi) is 10.9. The lowest BCUT2D eigenvalue weighted by Crippen LogP contribution is -2.58. The van der Waals surface area contributed by atoms with Gasteiger partial charge in [-0.15, -0.1) is 0 Å². The van der Waals surface area contributed by atoms with E-state index in [1.165, 1.54) is 0 Å². The molecule has 0 aliphatic heterocycles. The number of methoxy groups -OCH3 is 1. The normalized spacial score (nSPS) is 17.0. The van der Waals surface area contributed by atoms with E-state index in [2.05, 4.69) is 10.1 Å². The zero-order valence-corrected chi connectivity index (χ0v) is 17.8. The van der Waals surface area contributed by atoms with Crippen LogP contribution in [0.2, 0.25) is 0 Å². The van der Waals surface area contributed by atoms with Crippen molar-refractivity contribution < 1.29 is 38.6 Å². The Bertz CT molecular complexity index is 596. The number of ether oxygens (including phenoxy) is 1. The van der Waals surface area contributed by atoms with E-state index in [0.717, 1.165) is 7.11 Å². The van der Waals surface area contributed by atoms with Gasteiger partial charge in [-0.05, 0) is 11.8 Å². The molecule has 0 radical (unpaired) electrons. The summed E-state index contributed by atoms with van der Waals surface area (Å²) >= 11 is 0. The van der Waals surface area contributed by atoms with Crippen molar-refractivity contribution in [1.29, 1.82) is 0 Å². The van der Waals surface area contributed by atoms with Crippen molar-refractivity contribution in [3.8, 4) is 0 Å². The van der Waals surface area contributed by atoms with Crippen LogP contribution in [0.3, 0.4) is 0 Å². The van der Waals surface area contributed by atoms with Gasteiger partial charge in [-0.25, -0.2) is 14.0 Å². The Morgan fingerprint density at radius 1 is 1.14 bits per heavy atom. The number of aliphatic hydroxyl groups excluding tert-OH is 1. The number of nitrogens with one attached hydrogen (secondary N) is 1. The van der Waals surface area contributed by atoms with Crippen LogP contribution in [0.4, 0.5) is 0 Å². The molecule has 12 heteroatoms. The van der Waals surface area contributed by atoms with E-state index >= 15 is 0 Å². The topological polar surface area (TPSA) is 179 Å². The minimum absolute atomic E-state index is 0.0370. The van der Waals surface area contributed by atoms with Crippen LogP contribution in [-0.4, -0.2) is 69.2 Å². The van der Waals surface area contributed by atoms with E-state index in [0.29, 0.717) is 12.8 Å². The van der Waals surface area contributed by atoms with Crippen molar-refractivity contribution in [3.05, 3.63) is 0 Å². The molecule has 2 amide bonds. The first-order valence-corrected chi connectivity index (χ1v) is 10.6. The molecular weight excluding hydrogens is 393 g/mol. The maximum absolute atomic E-state index is 13.0. The zero-order valence-electron chi connectivity index (χ0n) is 16.9. The minimum atomic E-state index is -5.33. The third-order valence-corrected chi connectivity index (χ3v) is 5.82. The van der Waals surface area contributed by atoms with Crippen LogP contribution in [0.5, 0.6) is 0 Å². The second kappa shape index (κ2) is 11.5. The molecule has 0 aliphatic carbocycles. The number of rotatable bonds is 11. The Hall–Kier alpha value is -1.52. The van der Waals surface area contributed by atoms with Crippen molar-refractivity contribution in [2.75, 3.05) is 13.7 Å².